The quantitative estimate of drug-likeness (QED) is 0.362. The Hall–Kier alpha value is -1.55. The molecular weight excluding hydrogens is 170 g/mol. The van der Waals surface area contributed by atoms with Gasteiger partial charge in [-0.2, -0.15) is 0 Å². The van der Waals surface area contributed by atoms with Gasteiger partial charge in [0.1, 0.15) is 5.75 Å². The summed E-state index contributed by atoms with van der Waals surface area (Å²) in [6.45, 7) is 1.59. The van der Waals surface area contributed by atoms with E-state index in [-0.39, 0.29) is 12.4 Å². The van der Waals surface area contributed by atoms with Crippen LogP contribution in [0.5, 0.6) is 5.75 Å². The van der Waals surface area contributed by atoms with E-state index in [1.807, 2.05) is 6.92 Å². The summed E-state index contributed by atoms with van der Waals surface area (Å²) in [5.41, 5.74) is 1.71. The first kappa shape index (κ1) is 9.54. The zero-order valence-electron chi connectivity index (χ0n) is 7.23. The lowest BCUT2D eigenvalue weighted by atomic mass is 10.1. The van der Waals surface area contributed by atoms with E-state index in [0.29, 0.717) is 11.1 Å². The second kappa shape index (κ2) is 3.91. The molecule has 1 aromatic rings. The summed E-state index contributed by atoms with van der Waals surface area (Å²) in [7, 11) is 0. The Kier molecular flexibility index (Phi) is 2.87. The molecule has 0 spiro atoms. The molecule has 4 nitrogen and oxygen atoms in total. The van der Waals surface area contributed by atoms with Crippen molar-refractivity contribution in [2.75, 3.05) is 0 Å². The van der Waals surface area contributed by atoms with Crippen molar-refractivity contribution in [2.24, 2.45) is 5.16 Å². The van der Waals surface area contributed by atoms with Crippen LogP contribution >= 0.6 is 0 Å². The van der Waals surface area contributed by atoms with Gasteiger partial charge in [0.05, 0.1) is 12.8 Å². The second-order valence-corrected chi connectivity index (χ2v) is 2.76. The van der Waals surface area contributed by atoms with Gasteiger partial charge in [-0.05, 0) is 18.6 Å². The van der Waals surface area contributed by atoms with Gasteiger partial charge in [-0.1, -0.05) is 11.2 Å². The first-order valence-electron chi connectivity index (χ1n) is 3.79. The molecule has 1 aromatic carbocycles. The normalized spacial score (nSPS) is 10.9. The summed E-state index contributed by atoms with van der Waals surface area (Å²) in [5, 5.41) is 29.5. The van der Waals surface area contributed by atoms with Gasteiger partial charge in [-0.25, -0.2) is 0 Å². The highest BCUT2D eigenvalue weighted by molar-refractivity contribution is 5.84. The van der Waals surface area contributed by atoms with Gasteiger partial charge in [-0.3, -0.25) is 0 Å². The number of aliphatic hydroxyl groups is 1. The highest BCUT2D eigenvalue weighted by Gasteiger charge is 2.05. The van der Waals surface area contributed by atoms with Crippen LogP contribution in [-0.2, 0) is 6.61 Å². The van der Waals surface area contributed by atoms with Crippen molar-refractivity contribution < 1.29 is 15.4 Å². The van der Waals surface area contributed by atoms with Crippen molar-refractivity contribution in [3.05, 3.63) is 28.8 Å². The van der Waals surface area contributed by atoms with Gasteiger partial charge >= 0.3 is 0 Å². The zero-order valence-corrected chi connectivity index (χ0v) is 7.23. The van der Waals surface area contributed by atoms with Crippen LogP contribution in [-0.4, -0.2) is 21.6 Å². The van der Waals surface area contributed by atoms with Gasteiger partial charge in [0.25, 0.3) is 0 Å². The number of nitrogens with zero attached hydrogens (tertiary/aromatic N) is 1. The lowest BCUT2D eigenvalue weighted by molar-refractivity contribution is 0.275. The van der Waals surface area contributed by atoms with E-state index in [4.69, 9.17) is 10.3 Å². The van der Waals surface area contributed by atoms with E-state index in [2.05, 4.69) is 5.16 Å². The lowest BCUT2D eigenvalue weighted by Gasteiger charge is -2.05. The molecule has 0 fully saturated rings. The fourth-order valence-corrected chi connectivity index (χ4v) is 1.17. The largest absolute Gasteiger partial charge is 0.507 e. The maximum Gasteiger partial charge on any atom is 0.129 e. The number of hydrogen-bond acceptors (Lipinski definition) is 4. The number of oxime groups is 1. The molecule has 3 N–H and O–H groups in total. The Balaban J connectivity index is 3.26. The molecule has 0 bridgehead atoms. The molecule has 0 aliphatic heterocycles. The minimum absolute atomic E-state index is 0.0501. The molecule has 0 saturated carbocycles. The number of aliphatic hydroxyl groups excluding tert-OH is 1. The van der Waals surface area contributed by atoms with Gasteiger partial charge in [0.2, 0.25) is 0 Å². The number of rotatable bonds is 2. The highest BCUT2D eigenvalue weighted by Crippen LogP contribution is 2.22. The topological polar surface area (TPSA) is 73.1 Å². The number of benzene rings is 1. The highest BCUT2D eigenvalue weighted by atomic mass is 16.4. The SMILES string of the molecule is Cc1cc(/C=N/O)c(O)c(CO)c1. The molecule has 70 valence electrons. The Morgan fingerprint density at radius 1 is 1.46 bits per heavy atom. The van der Waals surface area contributed by atoms with Crippen molar-refractivity contribution in [1.82, 2.24) is 0 Å². The number of aryl methyl sites for hydroxylation is 1. The van der Waals surface area contributed by atoms with Crippen LogP contribution in [0.25, 0.3) is 0 Å². The maximum atomic E-state index is 9.48. The van der Waals surface area contributed by atoms with Gasteiger partial charge in [-0.15, -0.1) is 0 Å². The molecular formula is C9H11NO3. The first-order chi connectivity index (χ1) is 6.19. The van der Waals surface area contributed by atoms with Gasteiger partial charge in [0, 0.05) is 11.1 Å². The van der Waals surface area contributed by atoms with E-state index in [1.54, 1.807) is 12.1 Å². The van der Waals surface area contributed by atoms with Gasteiger partial charge in [0.15, 0.2) is 0 Å². The third kappa shape index (κ3) is 1.97. The standard InChI is InChI=1S/C9H11NO3/c1-6-2-7(4-10-13)9(12)8(3-6)5-11/h2-4,11-13H,5H2,1H3/b10-4+. The van der Waals surface area contributed by atoms with Crippen LogP contribution in [0.4, 0.5) is 0 Å². The predicted molar refractivity (Wildman–Crippen MR) is 48.1 cm³/mol. The molecule has 0 atom stereocenters. The molecule has 0 saturated heterocycles. The molecule has 0 radical (unpaired) electrons. The summed E-state index contributed by atoms with van der Waals surface area (Å²) < 4.78 is 0. The molecule has 4 heteroatoms. The van der Waals surface area contributed by atoms with Crippen molar-refractivity contribution in [3.8, 4) is 5.75 Å². The minimum atomic E-state index is -0.236. The van der Waals surface area contributed by atoms with Crippen LogP contribution in [0.2, 0.25) is 0 Å². The van der Waals surface area contributed by atoms with Crippen molar-refractivity contribution in [3.63, 3.8) is 0 Å². The summed E-state index contributed by atoms with van der Waals surface area (Å²) in [5.74, 6) is -0.0501. The molecule has 13 heavy (non-hydrogen) atoms. The molecule has 0 unspecified atom stereocenters. The van der Waals surface area contributed by atoms with Crippen LogP contribution in [0.1, 0.15) is 16.7 Å². The van der Waals surface area contributed by atoms with E-state index in [1.165, 1.54) is 0 Å². The summed E-state index contributed by atoms with van der Waals surface area (Å²) in [6, 6.07) is 3.33. The van der Waals surface area contributed by atoms with E-state index in [9.17, 15) is 5.11 Å². The van der Waals surface area contributed by atoms with Crippen LogP contribution in [0.15, 0.2) is 17.3 Å². The average molecular weight is 181 g/mol. The average Bonchev–Trinajstić information content (AvgIpc) is 2.11. The maximum absolute atomic E-state index is 9.48. The van der Waals surface area contributed by atoms with Crippen molar-refractivity contribution >= 4 is 6.21 Å². The molecule has 0 aromatic heterocycles. The Labute approximate surface area is 75.8 Å². The molecule has 1 rings (SSSR count). The third-order valence-electron chi connectivity index (χ3n) is 1.73. The summed E-state index contributed by atoms with van der Waals surface area (Å²) in [6.07, 6.45) is 1.13. The first-order valence-corrected chi connectivity index (χ1v) is 3.79. The van der Waals surface area contributed by atoms with E-state index in [0.717, 1.165) is 11.8 Å². The fraction of sp³-hybridized carbons (Fsp3) is 0.222. The van der Waals surface area contributed by atoms with Crippen molar-refractivity contribution in [1.29, 1.82) is 0 Å². The van der Waals surface area contributed by atoms with E-state index >= 15 is 0 Å². The Morgan fingerprint density at radius 3 is 2.69 bits per heavy atom. The second-order valence-electron chi connectivity index (χ2n) is 2.76. The van der Waals surface area contributed by atoms with Gasteiger partial charge < -0.3 is 15.4 Å². The predicted octanol–water partition coefficient (Wildman–Crippen LogP) is 1.00. The van der Waals surface area contributed by atoms with Crippen LogP contribution in [0, 0.1) is 6.92 Å². The van der Waals surface area contributed by atoms with E-state index < -0.39 is 0 Å². The van der Waals surface area contributed by atoms with Crippen molar-refractivity contribution in [2.45, 2.75) is 13.5 Å². The zero-order chi connectivity index (χ0) is 9.84. The van der Waals surface area contributed by atoms with Crippen LogP contribution < -0.4 is 0 Å². The number of aromatic hydroxyl groups is 1. The molecule has 0 amide bonds. The monoisotopic (exact) mass is 181 g/mol. The lowest BCUT2D eigenvalue weighted by Crippen LogP contribution is -1.92. The minimum Gasteiger partial charge on any atom is -0.507 e. The number of phenols is 1. The molecule has 0 heterocycles. The fourth-order valence-electron chi connectivity index (χ4n) is 1.17. The smallest absolute Gasteiger partial charge is 0.129 e. The Bertz CT molecular complexity index is 334. The summed E-state index contributed by atoms with van der Waals surface area (Å²) in [4.78, 5) is 0. The summed E-state index contributed by atoms with van der Waals surface area (Å²) >= 11 is 0. The number of hydrogen-bond donors (Lipinski definition) is 3. The Morgan fingerprint density at radius 2 is 2.15 bits per heavy atom. The van der Waals surface area contributed by atoms with Crippen LogP contribution in [0.3, 0.4) is 0 Å². The third-order valence-corrected chi connectivity index (χ3v) is 1.73. The molecule has 0 aliphatic carbocycles. The molecule has 0 aliphatic rings.